The van der Waals surface area contributed by atoms with Gasteiger partial charge in [-0.15, -0.1) is 0 Å². The Balaban J connectivity index is 1.51. The molecule has 0 radical (unpaired) electrons. The predicted octanol–water partition coefficient (Wildman–Crippen LogP) is 2.22. The van der Waals surface area contributed by atoms with Crippen LogP contribution >= 0.6 is 0 Å². The number of imide groups is 1. The third-order valence-electron chi connectivity index (χ3n) is 5.70. The summed E-state index contributed by atoms with van der Waals surface area (Å²) >= 11 is 0. The Morgan fingerprint density at radius 1 is 1.09 bits per heavy atom. The maximum absolute atomic E-state index is 13.3. The summed E-state index contributed by atoms with van der Waals surface area (Å²) in [4.78, 5) is 50.9. The standard InChI is InChI=1S/C24H26N4O7/c1-14(29)25-16-6-8-18(33-3)17(12-16)26-21(30)13-28-22(31)24(2,27-23(28)32)15-5-7-19-20(11-15)35-10-4-9-34-19/h5-8,11-12H,4,9-10,13H2,1-3H3,(H,25,29)(H,26,30)(H,27,32). The second-order valence-electron chi connectivity index (χ2n) is 8.30. The largest absolute Gasteiger partial charge is 0.495 e. The van der Waals surface area contributed by atoms with Gasteiger partial charge in [-0.3, -0.25) is 19.3 Å². The highest BCUT2D eigenvalue weighted by Crippen LogP contribution is 2.36. The number of ether oxygens (including phenoxy) is 3. The zero-order valence-corrected chi connectivity index (χ0v) is 19.6. The van der Waals surface area contributed by atoms with Gasteiger partial charge in [0.05, 0.1) is 26.0 Å². The van der Waals surface area contributed by atoms with Crippen molar-refractivity contribution < 1.29 is 33.4 Å². The molecule has 184 valence electrons. The molecule has 0 spiro atoms. The molecule has 5 amide bonds. The van der Waals surface area contributed by atoms with Crippen LogP contribution in [0.3, 0.4) is 0 Å². The molecule has 11 nitrogen and oxygen atoms in total. The van der Waals surface area contributed by atoms with Crippen LogP contribution in [0.15, 0.2) is 36.4 Å². The molecule has 1 unspecified atom stereocenters. The lowest BCUT2D eigenvalue weighted by Gasteiger charge is -2.23. The summed E-state index contributed by atoms with van der Waals surface area (Å²) in [5.41, 5.74) is -0.148. The fourth-order valence-electron chi connectivity index (χ4n) is 3.93. The van der Waals surface area contributed by atoms with Gasteiger partial charge in [-0.1, -0.05) is 6.07 Å². The van der Waals surface area contributed by atoms with Crippen molar-refractivity contribution in [3.8, 4) is 17.2 Å². The van der Waals surface area contributed by atoms with Crippen molar-refractivity contribution in [2.75, 3.05) is 37.5 Å². The number of methoxy groups -OCH3 is 1. The Labute approximate surface area is 201 Å². The van der Waals surface area contributed by atoms with E-state index in [1.165, 1.54) is 20.1 Å². The molecule has 0 bridgehead atoms. The maximum Gasteiger partial charge on any atom is 0.325 e. The van der Waals surface area contributed by atoms with Crippen molar-refractivity contribution in [1.82, 2.24) is 10.2 Å². The Bertz CT molecular complexity index is 1200. The Kier molecular flexibility index (Phi) is 6.50. The molecule has 2 aromatic carbocycles. The number of nitrogens with one attached hydrogen (secondary N) is 3. The lowest BCUT2D eigenvalue weighted by Crippen LogP contribution is -2.42. The molecule has 0 saturated carbocycles. The lowest BCUT2D eigenvalue weighted by atomic mass is 9.91. The van der Waals surface area contributed by atoms with Gasteiger partial charge in [0.15, 0.2) is 11.5 Å². The quantitative estimate of drug-likeness (QED) is 0.537. The van der Waals surface area contributed by atoms with Crippen LogP contribution in [0.4, 0.5) is 16.2 Å². The maximum atomic E-state index is 13.3. The molecule has 2 aliphatic rings. The van der Waals surface area contributed by atoms with E-state index in [9.17, 15) is 19.2 Å². The third kappa shape index (κ3) is 4.84. The van der Waals surface area contributed by atoms with Crippen LogP contribution < -0.4 is 30.2 Å². The Morgan fingerprint density at radius 3 is 2.54 bits per heavy atom. The van der Waals surface area contributed by atoms with Crippen LogP contribution in [0.5, 0.6) is 17.2 Å². The van der Waals surface area contributed by atoms with Gasteiger partial charge in [-0.05, 0) is 42.8 Å². The van der Waals surface area contributed by atoms with E-state index in [4.69, 9.17) is 14.2 Å². The molecule has 35 heavy (non-hydrogen) atoms. The van der Waals surface area contributed by atoms with E-state index in [0.717, 1.165) is 11.3 Å². The van der Waals surface area contributed by atoms with Crippen LogP contribution in [-0.4, -0.2) is 55.5 Å². The number of carbonyl (C=O) groups is 4. The van der Waals surface area contributed by atoms with Gasteiger partial charge in [0.25, 0.3) is 5.91 Å². The molecule has 1 fully saturated rings. The van der Waals surface area contributed by atoms with Crippen LogP contribution in [-0.2, 0) is 19.9 Å². The van der Waals surface area contributed by atoms with Gasteiger partial charge in [-0.2, -0.15) is 0 Å². The molecule has 11 heteroatoms. The van der Waals surface area contributed by atoms with Gasteiger partial charge >= 0.3 is 6.03 Å². The molecule has 4 rings (SSSR count). The van der Waals surface area contributed by atoms with Crippen molar-refractivity contribution >= 4 is 35.1 Å². The average molecular weight is 482 g/mol. The molecule has 3 N–H and O–H groups in total. The number of rotatable bonds is 6. The first-order valence-electron chi connectivity index (χ1n) is 11.0. The number of carbonyl (C=O) groups excluding carboxylic acids is 4. The number of hydrogen-bond donors (Lipinski definition) is 3. The van der Waals surface area contributed by atoms with Crippen LogP contribution in [0.25, 0.3) is 0 Å². The SMILES string of the molecule is COc1ccc(NC(C)=O)cc1NC(=O)CN1C(=O)NC(C)(c2ccc3c(c2)OCCCO3)C1=O. The van der Waals surface area contributed by atoms with E-state index in [-0.39, 0.29) is 11.6 Å². The highest BCUT2D eigenvalue weighted by Gasteiger charge is 2.49. The molecular formula is C24H26N4O7. The highest BCUT2D eigenvalue weighted by atomic mass is 16.5. The lowest BCUT2D eigenvalue weighted by molar-refractivity contribution is -0.133. The van der Waals surface area contributed by atoms with E-state index < -0.39 is 29.9 Å². The summed E-state index contributed by atoms with van der Waals surface area (Å²) < 4.78 is 16.6. The fourth-order valence-corrected chi connectivity index (χ4v) is 3.93. The van der Waals surface area contributed by atoms with Crippen LogP contribution in [0, 0.1) is 0 Å². The minimum absolute atomic E-state index is 0.277. The normalized spacial score (nSPS) is 19.0. The Morgan fingerprint density at radius 2 is 1.83 bits per heavy atom. The number of nitrogens with zero attached hydrogens (tertiary/aromatic N) is 1. The predicted molar refractivity (Wildman–Crippen MR) is 126 cm³/mol. The summed E-state index contributed by atoms with van der Waals surface area (Å²) in [6.07, 6.45) is 0.734. The van der Waals surface area contributed by atoms with E-state index in [1.807, 2.05) is 0 Å². The third-order valence-corrected chi connectivity index (χ3v) is 5.70. The van der Waals surface area contributed by atoms with Gasteiger partial charge in [0.2, 0.25) is 11.8 Å². The fraction of sp³-hybridized carbons (Fsp3) is 0.333. The minimum atomic E-state index is -1.38. The van der Waals surface area contributed by atoms with Gasteiger partial charge in [0, 0.05) is 19.0 Å². The minimum Gasteiger partial charge on any atom is -0.495 e. The second kappa shape index (κ2) is 9.53. The zero-order valence-electron chi connectivity index (χ0n) is 19.6. The first kappa shape index (κ1) is 23.9. The van der Waals surface area contributed by atoms with Crippen molar-refractivity contribution in [3.63, 3.8) is 0 Å². The molecule has 2 heterocycles. The zero-order chi connectivity index (χ0) is 25.2. The summed E-state index contributed by atoms with van der Waals surface area (Å²) in [6, 6.07) is 9.08. The first-order chi connectivity index (χ1) is 16.7. The topological polar surface area (TPSA) is 135 Å². The van der Waals surface area contributed by atoms with Gasteiger partial charge < -0.3 is 30.2 Å². The molecule has 1 atom stereocenters. The van der Waals surface area contributed by atoms with Crippen LogP contribution in [0.2, 0.25) is 0 Å². The van der Waals surface area contributed by atoms with Crippen molar-refractivity contribution in [3.05, 3.63) is 42.0 Å². The number of hydrogen-bond acceptors (Lipinski definition) is 7. The number of amides is 5. The number of anilines is 2. The van der Waals surface area contributed by atoms with Gasteiger partial charge in [-0.25, -0.2) is 4.79 Å². The second-order valence-corrected chi connectivity index (χ2v) is 8.30. The summed E-state index contributed by atoms with van der Waals surface area (Å²) in [7, 11) is 1.43. The molecule has 2 aliphatic heterocycles. The smallest absolute Gasteiger partial charge is 0.325 e. The number of benzene rings is 2. The number of urea groups is 1. The first-order valence-corrected chi connectivity index (χ1v) is 11.0. The number of fused-ring (bicyclic) bond motifs is 1. The van der Waals surface area contributed by atoms with Crippen molar-refractivity contribution in [2.24, 2.45) is 0 Å². The Hall–Kier alpha value is -4.28. The molecule has 0 aliphatic carbocycles. The summed E-state index contributed by atoms with van der Waals surface area (Å²) in [6.45, 7) is 3.43. The van der Waals surface area contributed by atoms with E-state index in [0.29, 0.717) is 41.7 Å². The summed E-state index contributed by atoms with van der Waals surface area (Å²) in [5, 5.41) is 7.93. The van der Waals surface area contributed by atoms with Crippen molar-refractivity contribution in [1.29, 1.82) is 0 Å². The molecule has 0 aromatic heterocycles. The molecule has 1 saturated heterocycles. The highest BCUT2D eigenvalue weighted by molar-refractivity contribution is 6.10. The molecule has 2 aromatic rings. The average Bonchev–Trinajstić information content (AvgIpc) is 2.97. The van der Waals surface area contributed by atoms with Crippen LogP contribution in [0.1, 0.15) is 25.8 Å². The van der Waals surface area contributed by atoms with E-state index >= 15 is 0 Å². The van der Waals surface area contributed by atoms with Crippen molar-refractivity contribution in [2.45, 2.75) is 25.8 Å². The summed E-state index contributed by atoms with van der Waals surface area (Å²) in [5.74, 6) is -0.0628. The van der Waals surface area contributed by atoms with E-state index in [2.05, 4.69) is 16.0 Å². The van der Waals surface area contributed by atoms with Gasteiger partial charge in [0.1, 0.15) is 17.8 Å². The monoisotopic (exact) mass is 482 g/mol. The molecular weight excluding hydrogens is 456 g/mol. The van der Waals surface area contributed by atoms with E-state index in [1.54, 1.807) is 37.3 Å².